The van der Waals surface area contributed by atoms with Gasteiger partial charge in [-0.2, -0.15) is 0 Å². The van der Waals surface area contributed by atoms with E-state index in [0.29, 0.717) is 24.9 Å². The molecular formula is C23H28O3. The van der Waals surface area contributed by atoms with Gasteiger partial charge in [0, 0.05) is 6.42 Å². The summed E-state index contributed by atoms with van der Waals surface area (Å²) in [4.78, 5) is 11.8. The van der Waals surface area contributed by atoms with E-state index in [0.717, 1.165) is 25.7 Å². The molecule has 3 rings (SSSR count). The normalized spacial score (nSPS) is 20.7. The molecule has 0 N–H and O–H groups in total. The first-order valence-electron chi connectivity index (χ1n) is 9.52. The Morgan fingerprint density at radius 1 is 1.00 bits per heavy atom. The molecule has 3 atom stereocenters. The van der Waals surface area contributed by atoms with Crippen LogP contribution in [0.3, 0.4) is 0 Å². The van der Waals surface area contributed by atoms with Crippen molar-refractivity contribution in [2.75, 3.05) is 7.11 Å². The molecule has 0 amide bonds. The fourth-order valence-electron chi connectivity index (χ4n) is 4.06. The predicted molar refractivity (Wildman–Crippen MR) is 103 cm³/mol. The lowest BCUT2D eigenvalue weighted by atomic mass is 9.85. The van der Waals surface area contributed by atoms with Gasteiger partial charge < -0.3 is 9.47 Å². The van der Waals surface area contributed by atoms with Crippen molar-refractivity contribution in [2.45, 2.75) is 44.8 Å². The number of carbonyl (C=O) groups is 1. The maximum absolute atomic E-state index is 11.8. The molecule has 1 aliphatic rings. The molecule has 0 spiro atoms. The number of esters is 1. The van der Waals surface area contributed by atoms with Gasteiger partial charge in [-0.15, -0.1) is 0 Å². The van der Waals surface area contributed by atoms with E-state index in [1.54, 1.807) is 0 Å². The van der Waals surface area contributed by atoms with Crippen LogP contribution in [0.25, 0.3) is 0 Å². The number of hydrogen-bond donors (Lipinski definition) is 0. The Morgan fingerprint density at radius 3 is 2.31 bits per heavy atom. The first-order valence-corrected chi connectivity index (χ1v) is 9.52. The van der Waals surface area contributed by atoms with Crippen LogP contribution in [0.15, 0.2) is 60.7 Å². The van der Waals surface area contributed by atoms with Crippen molar-refractivity contribution in [1.82, 2.24) is 0 Å². The van der Waals surface area contributed by atoms with Crippen molar-refractivity contribution in [3.63, 3.8) is 0 Å². The summed E-state index contributed by atoms with van der Waals surface area (Å²) in [5.74, 6) is 0.647. The highest BCUT2D eigenvalue weighted by molar-refractivity contribution is 5.69. The van der Waals surface area contributed by atoms with E-state index in [4.69, 9.17) is 9.47 Å². The molecule has 2 aromatic carbocycles. The Kier molecular flexibility index (Phi) is 6.84. The first kappa shape index (κ1) is 18.7. The van der Waals surface area contributed by atoms with E-state index in [-0.39, 0.29) is 12.1 Å². The molecule has 2 aromatic rings. The molecule has 3 nitrogen and oxygen atoms in total. The molecule has 26 heavy (non-hydrogen) atoms. The van der Waals surface area contributed by atoms with Gasteiger partial charge in [-0.25, -0.2) is 0 Å². The van der Waals surface area contributed by atoms with Gasteiger partial charge in [0.1, 0.15) is 0 Å². The second-order valence-electron chi connectivity index (χ2n) is 7.16. The van der Waals surface area contributed by atoms with Crippen LogP contribution in [0.2, 0.25) is 0 Å². The zero-order valence-corrected chi connectivity index (χ0v) is 15.5. The number of rotatable bonds is 8. The van der Waals surface area contributed by atoms with Crippen molar-refractivity contribution >= 4 is 5.97 Å². The SMILES string of the molecule is COC(=O)C[C@@H]1CCC[C@H]1[C@@H](Cc1ccccc1)OCc1ccccc1. The molecule has 0 aromatic heterocycles. The topological polar surface area (TPSA) is 35.5 Å². The Labute approximate surface area is 156 Å². The van der Waals surface area contributed by atoms with E-state index in [9.17, 15) is 4.79 Å². The molecule has 1 fully saturated rings. The molecule has 0 heterocycles. The second-order valence-corrected chi connectivity index (χ2v) is 7.16. The van der Waals surface area contributed by atoms with Crippen molar-refractivity contribution < 1.29 is 14.3 Å². The fraction of sp³-hybridized carbons (Fsp3) is 0.435. The van der Waals surface area contributed by atoms with Gasteiger partial charge >= 0.3 is 5.97 Å². The quantitative estimate of drug-likeness (QED) is 0.641. The standard InChI is InChI=1S/C23H28O3/c1-25-23(24)16-20-13-8-14-21(20)22(15-18-9-4-2-5-10-18)26-17-19-11-6-3-7-12-19/h2-7,9-12,20-22H,8,13-17H2,1H3/t20-,21+,22+/m0/s1. The highest BCUT2D eigenvalue weighted by Crippen LogP contribution is 2.39. The van der Waals surface area contributed by atoms with Crippen LogP contribution in [0.5, 0.6) is 0 Å². The lowest BCUT2D eigenvalue weighted by Crippen LogP contribution is -2.30. The predicted octanol–water partition coefficient (Wildman–Crippen LogP) is 4.79. The highest BCUT2D eigenvalue weighted by Gasteiger charge is 2.35. The van der Waals surface area contributed by atoms with Crippen LogP contribution in [0.4, 0.5) is 0 Å². The van der Waals surface area contributed by atoms with Crippen molar-refractivity contribution in [3.8, 4) is 0 Å². The van der Waals surface area contributed by atoms with Gasteiger partial charge in [0.05, 0.1) is 19.8 Å². The minimum absolute atomic E-state index is 0.108. The maximum atomic E-state index is 11.8. The zero-order valence-electron chi connectivity index (χ0n) is 15.5. The van der Waals surface area contributed by atoms with E-state index in [1.165, 1.54) is 18.2 Å². The Bertz CT molecular complexity index is 668. The van der Waals surface area contributed by atoms with Crippen LogP contribution in [0, 0.1) is 11.8 Å². The zero-order chi connectivity index (χ0) is 18.2. The average molecular weight is 352 g/mol. The van der Waals surface area contributed by atoms with Crippen molar-refractivity contribution in [3.05, 3.63) is 71.8 Å². The summed E-state index contributed by atoms with van der Waals surface area (Å²) in [6.45, 7) is 0.611. The summed E-state index contributed by atoms with van der Waals surface area (Å²) in [6, 6.07) is 20.8. The maximum Gasteiger partial charge on any atom is 0.305 e. The highest BCUT2D eigenvalue weighted by atomic mass is 16.5. The fourth-order valence-corrected chi connectivity index (χ4v) is 4.06. The van der Waals surface area contributed by atoms with E-state index >= 15 is 0 Å². The summed E-state index contributed by atoms with van der Waals surface area (Å²) < 4.78 is 11.3. The lowest BCUT2D eigenvalue weighted by molar-refractivity contribution is -0.142. The molecule has 0 saturated heterocycles. The van der Waals surface area contributed by atoms with Crippen LogP contribution < -0.4 is 0 Å². The third-order valence-electron chi connectivity index (χ3n) is 5.44. The van der Waals surface area contributed by atoms with Gasteiger partial charge in [-0.05, 0) is 42.2 Å². The number of carbonyl (C=O) groups excluding carboxylic acids is 1. The number of ether oxygens (including phenoxy) is 2. The molecule has 1 aliphatic carbocycles. The Hall–Kier alpha value is -2.13. The molecule has 0 aliphatic heterocycles. The molecule has 0 bridgehead atoms. The minimum atomic E-state index is -0.108. The van der Waals surface area contributed by atoms with Gasteiger partial charge in [0.15, 0.2) is 0 Å². The molecule has 0 radical (unpaired) electrons. The minimum Gasteiger partial charge on any atom is -0.469 e. The average Bonchev–Trinajstić information content (AvgIpc) is 3.14. The van der Waals surface area contributed by atoms with Crippen LogP contribution in [-0.2, 0) is 27.3 Å². The molecule has 1 saturated carbocycles. The van der Waals surface area contributed by atoms with Gasteiger partial charge in [-0.3, -0.25) is 4.79 Å². The van der Waals surface area contributed by atoms with Gasteiger partial charge in [-0.1, -0.05) is 67.1 Å². The summed E-state index contributed by atoms with van der Waals surface area (Å²) in [5, 5.41) is 0. The number of hydrogen-bond acceptors (Lipinski definition) is 3. The van der Waals surface area contributed by atoms with E-state index < -0.39 is 0 Å². The summed E-state index contributed by atoms with van der Waals surface area (Å²) >= 11 is 0. The van der Waals surface area contributed by atoms with E-state index in [1.807, 2.05) is 24.3 Å². The van der Waals surface area contributed by atoms with Gasteiger partial charge in [0.2, 0.25) is 0 Å². The second kappa shape index (κ2) is 9.54. The van der Waals surface area contributed by atoms with Crippen molar-refractivity contribution in [1.29, 1.82) is 0 Å². The molecule has 3 heteroatoms. The van der Waals surface area contributed by atoms with Crippen LogP contribution in [0.1, 0.15) is 36.8 Å². The lowest BCUT2D eigenvalue weighted by Gasteiger charge is -2.29. The summed E-state index contributed by atoms with van der Waals surface area (Å²) in [6.07, 6.45) is 4.87. The summed E-state index contributed by atoms with van der Waals surface area (Å²) in [7, 11) is 1.47. The summed E-state index contributed by atoms with van der Waals surface area (Å²) in [5.41, 5.74) is 2.47. The monoisotopic (exact) mass is 352 g/mol. The third kappa shape index (κ3) is 5.18. The number of methoxy groups -OCH3 is 1. The van der Waals surface area contributed by atoms with Gasteiger partial charge in [0.25, 0.3) is 0 Å². The molecule has 0 unspecified atom stereocenters. The number of benzene rings is 2. The third-order valence-corrected chi connectivity index (χ3v) is 5.44. The van der Waals surface area contributed by atoms with Crippen LogP contribution >= 0.6 is 0 Å². The Morgan fingerprint density at radius 2 is 1.65 bits per heavy atom. The van der Waals surface area contributed by atoms with E-state index in [2.05, 4.69) is 36.4 Å². The van der Waals surface area contributed by atoms with Crippen molar-refractivity contribution in [2.24, 2.45) is 11.8 Å². The largest absolute Gasteiger partial charge is 0.469 e. The molecule has 138 valence electrons. The molecular weight excluding hydrogens is 324 g/mol. The van der Waals surface area contributed by atoms with Crippen LogP contribution in [-0.4, -0.2) is 19.2 Å². The smallest absolute Gasteiger partial charge is 0.305 e. The Balaban J connectivity index is 1.71. The first-order chi connectivity index (χ1) is 12.8.